The highest BCUT2D eigenvalue weighted by Crippen LogP contribution is 2.41. The Morgan fingerprint density at radius 3 is 2.78 bits per heavy atom. The van der Waals surface area contributed by atoms with Crippen LogP contribution in [0.2, 0.25) is 0 Å². The molecule has 1 amide bonds. The standard InChI is InChI=1S/C19H29NO3/c1-13(2)17-8-7-14(3)12-19(17,23)18(22)20-10-9-15-5-4-6-16(21)11-15/h4-6,11,13-14,17,21,23H,7-10,12H2,1-3H3,(H,20,22)/t14-,17+,19+/m1/s1. The molecule has 0 aliphatic heterocycles. The predicted molar refractivity (Wildman–Crippen MR) is 91.1 cm³/mol. The molecule has 1 aromatic carbocycles. The summed E-state index contributed by atoms with van der Waals surface area (Å²) in [6.07, 6.45) is 3.14. The third-order valence-electron chi connectivity index (χ3n) is 5.05. The van der Waals surface area contributed by atoms with E-state index in [1.165, 1.54) is 0 Å². The van der Waals surface area contributed by atoms with Gasteiger partial charge in [0.05, 0.1) is 0 Å². The van der Waals surface area contributed by atoms with Crippen LogP contribution in [0.15, 0.2) is 24.3 Å². The number of hydrogen-bond donors (Lipinski definition) is 3. The first-order valence-corrected chi connectivity index (χ1v) is 8.61. The van der Waals surface area contributed by atoms with Crippen LogP contribution >= 0.6 is 0 Å². The van der Waals surface area contributed by atoms with E-state index in [4.69, 9.17) is 0 Å². The van der Waals surface area contributed by atoms with E-state index in [1.54, 1.807) is 18.2 Å². The van der Waals surface area contributed by atoms with Crippen molar-refractivity contribution in [2.75, 3.05) is 6.54 Å². The van der Waals surface area contributed by atoms with Gasteiger partial charge >= 0.3 is 0 Å². The third-order valence-corrected chi connectivity index (χ3v) is 5.05. The molecule has 23 heavy (non-hydrogen) atoms. The van der Waals surface area contributed by atoms with Gasteiger partial charge in [-0.3, -0.25) is 4.79 Å². The number of phenols is 1. The molecule has 0 radical (unpaired) electrons. The number of carbonyl (C=O) groups is 1. The molecule has 4 heteroatoms. The van der Waals surface area contributed by atoms with Crippen molar-refractivity contribution < 1.29 is 15.0 Å². The van der Waals surface area contributed by atoms with Gasteiger partial charge in [0.2, 0.25) is 0 Å². The van der Waals surface area contributed by atoms with Gasteiger partial charge in [-0.25, -0.2) is 0 Å². The average Bonchev–Trinajstić information content (AvgIpc) is 2.46. The summed E-state index contributed by atoms with van der Waals surface area (Å²) in [7, 11) is 0. The number of nitrogens with one attached hydrogen (secondary N) is 1. The first kappa shape index (κ1) is 17.8. The fourth-order valence-corrected chi connectivity index (χ4v) is 3.82. The molecule has 128 valence electrons. The Morgan fingerprint density at radius 2 is 2.13 bits per heavy atom. The summed E-state index contributed by atoms with van der Waals surface area (Å²) in [6.45, 7) is 6.71. The average molecular weight is 319 g/mol. The number of benzene rings is 1. The van der Waals surface area contributed by atoms with Crippen molar-refractivity contribution in [2.24, 2.45) is 17.8 Å². The summed E-state index contributed by atoms with van der Waals surface area (Å²) < 4.78 is 0. The first-order valence-electron chi connectivity index (χ1n) is 8.61. The zero-order valence-electron chi connectivity index (χ0n) is 14.4. The minimum atomic E-state index is -1.26. The van der Waals surface area contributed by atoms with Crippen molar-refractivity contribution in [1.29, 1.82) is 0 Å². The summed E-state index contributed by atoms with van der Waals surface area (Å²) in [5, 5.41) is 23.4. The molecule has 0 spiro atoms. The van der Waals surface area contributed by atoms with Gasteiger partial charge in [-0.1, -0.05) is 39.3 Å². The molecule has 1 fully saturated rings. The number of aromatic hydroxyl groups is 1. The number of carbonyl (C=O) groups excluding carboxylic acids is 1. The fraction of sp³-hybridized carbons (Fsp3) is 0.632. The maximum atomic E-state index is 12.6. The Morgan fingerprint density at radius 1 is 1.39 bits per heavy atom. The van der Waals surface area contributed by atoms with Gasteiger partial charge in [-0.05, 0) is 54.7 Å². The van der Waals surface area contributed by atoms with Crippen LogP contribution in [0.5, 0.6) is 5.75 Å². The SMILES string of the molecule is CC(C)[C@@H]1CC[C@@H](C)C[C@@]1(O)C(=O)NCCc1cccc(O)c1. The molecule has 1 saturated carbocycles. The van der Waals surface area contributed by atoms with Crippen LogP contribution in [0.1, 0.15) is 45.6 Å². The minimum absolute atomic E-state index is 0.0134. The minimum Gasteiger partial charge on any atom is -0.508 e. The lowest BCUT2D eigenvalue weighted by Gasteiger charge is -2.43. The molecule has 2 rings (SSSR count). The van der Waals surface area contributed by atoms with E-state index in [1.807, 2.05) is 6.07 Å². The van der Waals surface area contributed by atoms with Gasteiger partial charge in [0.15, 0.2) is 0 Å². The lowest BCUT2D eigenvalue weighted by molar-refractivity contribution is -0.155. The zero-order valence-corrected chi connectivity index (χ0v) is 14.4. The normalized spacial score (nSPS) is 27.9. The summed E-state index contributed by atoms with van der Waals surface area (Å²) in [5.74, 6) is 0.645. The molecule has 4 nitrogen and oxygen atoms in total. The quantitative estimate of drug-likeness (QED) is 0.781. The molecular weight excluding hydrogens is 290 g/mol. The number of hydrogen-bond acceptors (Lipinski definition) is 3. The Kier molecular flexibility index (Phi) is 5.69. The second-order valence-electron chi connectivity index (χ2n) is 7.34. The van der Waals surface area contributed by atoms with E-state index in [2.05, 4.69) is 26.1 Å². The number of rotatable bonds is 5. The number of amides is 1. The topological polar surface area (TPSA) is 69.6 Å². The van der Waals surface area contributed by atoms with E-state index in [9.17, 15) is 15.0 Å². The van der Waals surface area contributed by atoms with Gasteiger partial charge in [-0.2, -0.15) is 0 Å². The molecular formula is C19H29NO3. The second-order valence-corrected chi connectivity index (χ2v) is 7.34. The molecule has 3 atom stereocenters. The maximum absolute atomic E-state index is 12.6. The van der Waals surface area contributed by atoms with Gasteiger partial charge in [-0.15, -0.1) is 0 Å². The highest BCUT2D eigenvalue weighted by atomic mass is 16.3. The number of aliphatic hydroxyl groups is 1. The zero-order chi connectivity index (χ0) is 17.0. The molecule has 0 unspecified atom stereocenters. The van der Waals surface area contributed by atoms with Crippen molar-refractivity contribution in [3.05, 3.63) is 29.8 Å². The van der Waals surface area contributed by atoms with Crippen molar-refractivity contribution in [1.82, 2.24) is 5.32 Å². The van der Waals surface area contributed by atoms with E-state index in [0.29, 0.717) is 25.3 Å². The maximum Gasteiger partial charge on any atom is 0.252 e. The van der Waals surface area contributed by atoms with E-state index >= 15 is 0 Å². The van der Waals surface area contributed by atoms with Gasteiger partial charge in [0.1, 0.15) is 11.4 Å². The van der Waals surface area contributed by atoms with Crippen LogP contribution in [0.3, 0.4) is 0 Å². The molecule has 3 N–H and O–H groups in total. The largest absolute Gasteiger partial charge is 0.508 e. The summed E-state index contributed by atoms with van der Waals surface area (Å²) in [5.41, 5.74) is -0.292. The highest BCUT2D eigenvalue weighted by Gasteiger charge is 2.48. The first-order chi connectivity index (χ1) is 10.8. The molecule has 0 aromatic heterocycles. The van der Waals surface area contributed by atoms with E-state index in [0.717, 1.165) is 18.4 Å². The Bertz CT molecular complexity index is 543. The molecule has 0 saturated heterocycles. The van der Waals surface area contributed by atoms with Crippen LogP contribution in [-0.2, 0) is 11.2 Å². The van der Waals surface area contributed by atoms with Gasteiger partial charge in [0, 0.05) is 6.54 Å². The number of phenolic OH excluding ortho intramolecular Hbond substituents is 1. The summed E-state index contributed by atoms with van der Waals surface area (Å²) >= 11 is 0. The van der Waals surface area contributed by atoms with Gasteiger partial charge in [0.25, 0.3) is 5.91 Å². The van der Waals surface area contributed by atoms with Gasteiger partial charge < -0.3 is 15.5 Å². The van der Waals surface area contributed by atoms with Crippen LogP contribution < -0.4 is 5.32 Å². The Hall–Kier alpha value is -1.55. The molecule has 1 aliphatic rings. The lowest BCUT2D eigenvalue weighted by Crippen LogP contribution is -2.56. The van der Waals surface area contributed by atoms with E-state index < -0.39 is 5.60 Å². The molecule has 1 aromatic rings. The smallest absolute Gasteiger partial charge is 0.252 e. The van der Waals surface area contributed by atoms with E-state index in [-0.39, 0.29) is 23.5 Å². The fourth-order valence-electron chi connectivity index (χ4n) is 3.82. The van der Waals surface area contributed by atoms with Crippen LogP contribution in [0, 0.1) is 17.8 Å². The predicted octanol–water partition coefficient (Wildman–Crippen LogP) is 2.87. The highest BCUT2D eigenvalue weighted by molar-refractivity contribution is 5.85. The van der Waals surface area contributed by atoms with Crippen molar-refractivity contribution >= 4 is 5.91 Å². The van der Waals surface area contributed by atoms with Crippen LogP contribution in [-0.4, -0.2) is 28.3 Å². The summed E-state index contributed by atoms with van der Waals surface area (Å²) in [4.78, 5) is 12.6. The molecule has 0 heterocycles. The van der Waals surface area contributed by atoms with Crippen molar-refractivity contribution in [3.63, 3.8) is 0 Å². The van der Waals surface area contributed by atoms with Crippen molar-refractivity contribution in [3.8, 4) is 5.75 Å². The van der Waals surface area contributed by atoms with Crippen LogP contribution in [0.4, 0.5) is 0 Å². The Balaban J connectivity index is 1.97. The van der Waals surface area contributed by atoms with Crippen LogP contribution in [0.25, 0.3) is 0 Å². The third kappa shape index (κ3) is 4.25. The van der Waals surface area contributed by atoms with Crippen molar-refractivity contribution in [2.45, 2.75) is 52.1 Å². The molecule has 1 aliphatic carbocycles. The monoisotopic (exact) mass is 319 g/mol. The Labute approximate surface area is 138 Å². The lowest BCUT2D eigenvalue weighted by atomic mass is 9.66. The molecule has 0 bridgehead atoms. The summed E-state index contributed by atoms with van der Waals surface area (Å²) in [6, 6.07) is 7.03. The second kappa shape index (κ2) is 7.35.